The van der Waals surface area contributed by atoms with Gasteiger partial charge in [-0.2, -0.15) is 17.5 Å². The average Bonchev–Trinajstić information content (AvgIpc) is 2.93. The number of rotatable bonds is 4. The molecule has 1 heterocycles. The summed E-state index contributed by atoms with van der Waals surface area (Å²) in [5.74, 6) is -5.28. The number of methoxy groups -OCH3 is 1. The fourth-order valence-electron chi connectivity index (χ4n) is 2.71. The van der Waals surface area contributed by atoms with Crippen LogP contribution in [0.5, 0.6) is 5.75 Å². The first kappa shape index (κ1) is 18.5. The predicted molar refractivity (Wildman–Crippen MR) is 77.2 cm³/mol. The van der Waals surface area contributed by atoms with Gasteiger partial charge >= 0.3 is 12.1 Å². The van der Waals surface area contributed by atoms with E-state index in [0.717, 1.165) is 0 Å². The molecule has 0 radical (unpaired) electrons. The van der Waals surface area contributed by atoms with Gasteiger partial charge in [-0.3, -0.25) is 4.79 Å². The molecule has 0 bridgehead atoms. The van der Waals surface area contributed by atoms with Crippen LogP contribution in [-0.4, -0.2) is 50.2 Å². The van der Waals surface area contributed by atoms with E-state index < -0.39 is 47.1 Å². The van der Waals surface area contributed by atoms with E-state index in [1.807, 2.05) is 0 Å². The van der Waals surface area contributed by atoms with E-state index in [1.165, 1.54) is 25.3 Å². The second kappa shape index (κ2) is 6.25. The Hall–Kier alpha value is -1.81. The zero-order valence-electron chi connectivity index (χ0n) is 12.9. The number of hydrogen-bond acceptors (Lipinski definition) is 4. The molecule has 1 aliphatic heterocycles. The number of carbonyl (C=O) groups is 1. The normalized spacial score (nSPS) is 22.5. The van der Waals surface area contributed by atoms with E-state index in [9.17, 15) is 26.4 Å². The fourth-order valence-corrected chi connectivity index (χ4v) is 4.28. The smallest absolute Gasteiger partial charge is 0.393 e. The van der Waals surface area contributed by atoms with Gasteiger partial charge < -0.3 is 9.84 Å². The van der Waals surface area contributed by atoms with Gasteiger partial charge in [0.15, 0.2) is 0 Å². The Bertz CT molecular complexity index is 747. The predicted octanol–water partition coefficient (Wildman–Crippen LogP) is 1.89. The Labute approximate surface area is 136 Å². The lowest BCUT2D eigenvalue weighted by molar-refractivity contribution is -0.187. The van der Waals surface area contributed by atoms with Crippen molar-refractivity contribution in [3.05, 3.63) is 23.8 Å². The first-order valence-electron chi connectivity index (χ1n) is 6.92. The number of aliphatic carboxylic acids is 1. The number of carboxylic acid groups (broad SMARTS) is 1. The van der Waals surface area contributed by atoms with Gasteiger partial charge in [0.1, 0.15) is 5.75 Å². The van der Waals surface area contributed by atoms with Crippen LogP contribution in [0.4, 0.5) is 13.2 Å². The van der Waals surface area contributed by atoms with Gasteiger partial charge in [-0.25, -0.2) is 8.42 Å². The molecule has 0 amide bonds. The van der Waals surface area contributed by atoms with Gasteiger partial charge in [0.2, 0.25) is 10.0 Å². The summed E-state index contributed by atoms with van der Waals surface area (Å²) in [6.45, 7) is -0.0266. The molecule has 1 fully saturated rings. The summed E-state index contributed by atoms with van der Waals surface area (Å²) in [5.41, 5.74) is 0.500. The van der Waals surface area contributed by atoms with Crippen LogP contribution in [0, 0.1) is 18.8 Å². The minimum Gasteiger partial charge on any atom is -0.496 e. The quantitative estimate of drug-likeness (QED) is 0.879. The van der Waals surface area contributed by atoms with Gasteiger partial charge in [-0.15, -0.1) is 0 Å². The van der Waals surface area contributed by atoms with Crippen molar-refractivity contribution in [2.45, 2.75) is 18.0 Å². The van der Waals surface area contributed by atoms with E-state index in [0.29, 0.717) is 15.6 Å². The molecule has 0 spiro atoms. The maximum atomic E-state index is 13.0. The number of carboxylic acids is 1. The Morgan fingerprint density at radius 2 is 1.96 bits per heavy atom. The second-order valence-electron chi connectivity index (χ2n) is 5.55. The molecule has 1 N–H and O–H groups in total. The summed E-state index contributed by atoms with van der Waals surface area (Å²) in [5, 5.41) is 8.98. The van der Waals surface area contributed by atoms with Crippen molar-refractivity contribution in [3.8, 4) is 5.75 Å². The monoisotopic (exact) mass is 367 g/mol. The highest BCUT2D eigenvalue weighted by Crippen LogP contribution is 2.39. The largest absolute Gasteiger partial charge is 0.496 e. The van der Waals surface area contributed by atoms with Crippen LogP contribution in [0.2, 0.25) is 0 Å². The van der Waals surface area contributed by atoms with Crippen molar-refractivity contribution in [3.63, 3.8) is 0 Å². The maximum Gasteiger partial charge on any atom is 0.393 e. The first-order chi connectivity index (χ1) is 11.0. The maximum absolute atomic E-state index is 13.0. The molecule has 134 valence electrons. The van der Waals surface area contributed by atoms with Crippen LogP contribution < -0.4 is 4.74 Å². The highest BCUT2D eigenvalue weighted by Gasteiger charge is 2.54. The van der Waals surface area contributed by atoms with Crippen LogP contribution >= 0.6 is 0 Å². The lowest BCUT2D eigenvalue weighted by Crippen LogP contribution is -2.34. The van der Waals surface area contributed by atoms with E-state index in [2.05, 4.69) is 0 Å². The molecule has 6 nitrogen and oxygen atoms in total. The number of sulfonamides is 1. The number of nitrogens with zero attached hydrogens (tertiary/aromatic N) is 1. The molecule has 1 aromatic carbocycles. The molecule has 2 atom stereocenters. The highest BCUT2D eigenvalue weighted by atomic mass is 32.2. The summed E-state index contributed by atoms with van der Waals surface area (Å²) in [4.78, 5) is 10.9. The Balaban J connectivity index is 2.37. The molecule has 0 aliphatic carbocycles. The van der Waals surface area contributed by atoms with Gasteiger partial charge in [-0.05, 0) is 30.7 Å². The number of ether oxygens (including phenoxy) is 1. The molecule has 1 saturated heterocycles. The van der Waals surface area contributed by atoms with Crippen LogP contribution in [-0.2, 0) is 14.8 Å². The van der Waals surface area contributed by atoms with E-state index in [4.69, 9.17) is 9.84 Å². The number of benzene rings is 1. The van der Waals surface area contributed by atoms with Crippen molar-refractivity contribution in [2.75, 3.05) is 20.2 Å². The average molecular weight is 367 g/mol. The van der Waals surface area contributed by atoms with Crippen molar-refractivity contribution in [2.24, 2.45) is 11.8 Å². The van der Waals surface area contributed by atoms with Gasteiger partial charge in [0, 0.05) is 13.1 Å². The molecule has 1 aliphatic rings. The molecular weight excluding hydrogens is 351 g/mol. The van der Waals surface area contributed by atoms with Crippen molar-refractivity contribution >= 4 is 16.0 Å². The summed E-state index contributed by atoms with van der Waals surface area (Å²) < 4.78 is 69.7. The molecule has 24 heavy (non-hydrogen) atoms. The standard InChI is InChI=1S/C14H16F3NO5S/c1-8-5-9(3-4-12(8)23-2)24(21,22)18-6-10(13(19)20)11(7-18)14(15,16)17/h3-5,10-11H,6-7H2,1-2H3,(H,19,20)/t10-,11-/m1/s1. The van der Waals surface area contributed by atoms with Crippen molar-refractivity contribution in [1.82, 2.24) is 4.31 Å². The van der Waals surface area contributed by atoms with E-state index >= 15 is 0 Å². The van der Waals surface area contributed by atoms with Crippen LogP contribution in [0.3, 0.4) is 0 Å². The first-order valence-corrected chi connectivity index (χ1v) is 8.36. The highest BCUT2D eigenvalue weighted by molar-refractivity contribution is 7.89. The lowest BCUT2D eigenvalue weighted by atomic mass is 9.96. The molecule has 2 rings (SSSR count). The molecular formula is C14H16F3NO5S. The van der Waals surface area contributed by atoms with Crippen LogP contribution in [0.1, 0.15) is 5.56 Å². The minimum atomic E-state index is -4.79. The third-order valence-corrected chi connectivity index (χ3v) is 5.86. The SMILES string of the molecule is COc1ccc(S(=O)(=O)N2C[C@@H](C(F)(F)F)[C@H](C(=O)O)C2)cc1C. The number of hydrogen-bond donors (Lipinski definition) is 1. The van der Waals surface area contributed by atoms with E-state index in [1.54, 1.807) is 6.92 Å². The Morgan fingerprint density at radius 1 is 1.33 bits per heavy atom. The summed E-state index contributed by atoms with van der Waals surface area (Å²) in [6, 6.07) is 3.90. The van der Waals surface area contributed by atoms with Crippen LogP contribution in [0.15, 0.2) is 23.1 Å². The Morgan fingerprint density at radius 3 is 2.38 bits per heavy atom. The summed E-state index contributed by atoms with van der Waals surface area (Å²) in [7, 11) is -2.83. The summed E-state index contributed by atoms with van der Waals surface area (Å²) >= 11 is 0. The van der Waals surface area contributed by atoms with Crippen molar-refractivity contribution < 1.29 is 36.2 Å². The summed E-state index contributed by atoms with van der Waals surface area (Å²) in [6.07, 6.45) is -4.79. The molecule has 10 heteroatoms. The zero-order valence-corrected chi connectivity index (χ0v) is 13.7. The van der Waals surface area contributed by atoms with Crippen molar-refractivity contribution in [1.29, 1.82) is 0 Å². The zero-order chi connectivity index (χ0) is 18.3. The van der Waals surface area contributed by atoms with Gasteiger partial charge in [-0.1, -0.05) is 0 Å². The molecule has 1 aromatic rings. The Kier molecular flexibility index (Phi) is 4.82. The topological polar surface area (TPSA) is 83.9 Å². The number of aryl methyl sites for hydroxylation is 1. The third-order valence-electron chi connectivity index (χ3n) is 4.03. The molecule has 0 unspecified atom stereocenters. The minimum absolute atomic E-state index is 0.201. The number of halogens is 3. The number of alkyl halides is 3. The second-order valence-corrected chi connectivity index (χ2v) is 7.48. The lowest BCUT2D eigenvalue weighted by Gasteiger charge is -2.18. The van der Waals surface area contributed by atoms with E-state index in [-0.39, 0.29) is 4.90 Å². The molecule has 0 aromatic heterocycles. The van der Waals surface area contributed by atoms with Gasteiger partial charge in [0.05, 0.1) is 23.8 Å². The fraction of sp³-hybridized carbons (Fsp3) is 0.500. The third kappa shape index (κ3) is 3.34. The van der Waals surface area contributed by atoms with Gasteiger partial charge in [0.25, 0.3) is 0 Å². The molecule has 0 saturated carbocycles. The van der Waals surface area contributed by atoms with Crippen LogP contribution in [0.25, 0.3) is 0 Å².